The van der Waals surface area contributed by atoms with Crippen molar-refractivity contribution in [2.24, 2.45) is 23.7 Å². The lowest BCUT2D eigenvalue weighted by molar-refractivity contribution is -0.146. The van der Waals surface area contributed by atoms with Crippen LogP contribution < -0.4 is 0 Å². The van der Waals surface area contributed by atoms with E-state index in [1.54, 1.807) is 0 Å². The summed E-state index contributed by atoms with van der Waals surface area (Å²) in [5, 5.41) is 9.16. The Labute approximate surface area is 86.7 Å². The maximum atomic E-state index is 11.1. The molecule has 1 unspecified atom stereocenters. The smallest absolute Gasteiger partial charge is 0.307 e. The van der Waals surface area contributed by atoms with Crippen LogP contribution in [0.25, 0.3) is 0 Å². The lowest BCUT2D eigenvalue weighted by atomic mass is 9.72. The maximum Gasteiger partial charge on any atom is 0.307 e. The predicted molar refractivity (Wildman–Crippen MR) is 57.1 cm³/mol. The lowest BCUT2D eigenvalue weighted by Gasteiger charge is -2.32. The first-order chi connectivity index (χ1) is 6.52. The van der Waals surface area contributed by atoms with E-state index < -0.39 is 5.97 Å². The van der Waals surface area contributed by atoms with Crippen LogP contribution in [0.1, 0.15) is 46.5 Å². The van der Waals surface area contributed by atoms with Crippen LogP contribution in [-0.4, -0.2) is 11.1 Å². The zero-order chi connectivity index (χ0) is 10.7. The largest absolute Gasteiger partial charge is 0.481 e. The minimum absolute atomic E-state index is 0.123. The van der Waals surface area contributed by atoms with Gasteiger partial charge in [-0.15, -0.1) is 0 Å². The summed E-state index contributed by atoms with van der Waals surface area (Å²) in [5.74, 6) is 0.768. The van der Waals surface area contributed by atoms with Gasteiger partial charge in [0, 0.05) is 0 Å². The van der Waals surface area contributed by atoms with Crippen LogP contribution in [0.4, 0.5) is 0 Å². The fraction of sp³-hybridized carbons (Fsp3) is 0.917. The topological polar surface area (TPSA) is 37.3 Å². The molecule has 0 spiro atoms. The van der Waals surface area contributed by atoms with Crippen LogP contribution in [-0.2, 0) is 4.79 Å². The third-order valence-electron chi connectivity index (χ3n) is 3.57. The summed E-state index contributed by atoms with van der Waals surface area (Å²) in [6.07, 6.45) is 4.63. The Kier molecular flexibility index (Phi) is 3.97. The second kappa shape index (κ2) is 4.81. The van der Waals surface area contributed by atoms with E-state index in [1.165, 1.54) is 12.8 Å². The van der Waals surface area contributed by atoms with Gasteiger partial charge >= 0.3 is 5.97 Å². The zero-order valence-electron chi connectivity index (χ0n) is 9.49. The normalized spacial score (nSPS) is 30.3. The molecular formula is C12H22O2. The zero-order valence-corrected chi connectivity index (χ0v) is 9.49. The molecule has 0 aliphatic heterocycles. The van der Waals surface area contributed by atoms with Gasteiger partial charge in [0.2, 0.25) is 0 Å². The van der Waals surface area contributed by atoms with Crippen molar-refractivity contribution in [2.75, 3.05) is 0 Å². The summed E-state index contributed by atoms with van der Waals surface area (Å²) >= 11 is 0. The molecular weight excluding hydrogens is 176 g/mol. The highest BCUT2D eigenvalue weighted by molar-refractivity contribution is 5.70. The minimum atomic E-state index is -0.598. The molecule has 1 aliphatic carbocycles. The van der Waals surface area contributed by atoms with E-state index in [4.69, 9.17) is 5.11 Å². The highest BCUT2D eigenvalue weighted by atomic mass is 16.4. The highest BCUT2D eigenvalue weighted by Gasteiger charge is 2.32. The van der Waals surface area contributed by atoms with Crippen LogP contribution in [0.5, 0.6) is 0 Å². The Bertz CT molecular complexity index is 190. The van der Waals surface area contributed by atoms with E-state index in [0.29, 0.717) is 5.92 Å². The second-order valence-electron chi connectivity index (χ2n) is 5.13. The van der Waals surface area contributed by atoms with E-state index >= 15 is 0 Å². The van der Waals surface area contributed by atoms with Crippen LogP contribution in [0.15, 0.2) is 0 Å². The molecule has 14 heavy (non-hydrogen) atoms. The number of hydrogen-bond acceptors (Lipinski definition) is 1. The molecule has 0 radical (unpaired) electrons. The van der Waals surface area contributed by atoms with Crippen molar-refractivity contribution in [1.29, 1.82) is 0 Å². The van der Waals surface area contributed by atoms with E-state index in [-0.39, 0.29) is 11.8 Å². The summed E-state index contributed by atoms with van der Waals surface area (Å²) in [4.78, 5) is 11.1. The van der Waals surface area contributed by atoms with E-state index in [0.717, 1.165) is 18.8 Å². The first-order valence-corrected chi connectivity index (χ1v) is 5.75. The maximum absolute atomic E-state index is 11.1. The number of aliphatic carboxylic acids is 1. The van der Waals surface area contributed by atoms with Gasteiger partial charge in [0.15, 0.2) is 0 Å². The van der Waals surface area contributed by atoms with Gasteiger partial charge in [-0.2, -0.15) is 0 Å². The van der Waals surface area contributed by atoms with E-state index in [9.17, 15) is 4.79 Å². The SMILES string of the molecule is CC1CCC(C(C(=O)O)C(C)C)CC1. The van der Waals surface area contributed by atoms with Crippen molar-refractivity contribution < 1.29 is 9.90 Å². The molecule has 0 bridgehead atoms. The molecule has 2 heteroatoms. The third kappa shape index (κ3) is 2.73. The Balaban J connectivity index is 2.56. The molecule has 0 saturated heterocycles. The lowest BCUT2D eigenvalue weighted by Crippen LogP contribution is -2.31. The van der Waals surface area contributed by atoms with E-state index in [2.05, 4.69) is 6.92 Å². The van der Waals surface area contributed by atoms with Crippen molar-refractivity contribution in [3.05, 3.63) is 0 Å². The summed E-state index contributed by atoms with van der Waals surface area (Å²) in [6, 6.07) is 0. The van der Waals surface area contributed by atoms with Crippen molar-refractivity contribution in [3.63, 3.8) is 0 Å². The van der Waals surface area contributed by atoms with Crippen LogP contribution in [0.3, 0.4) is 0 Å². The van der Waals surface area contributed by atoms with Crippen molar-refractivity contribution in [3.8, 4) is 0 Å². The van der Waals surface area contributed by atoms with Gasteiger partial charge in [-0.3, -0.25) is 4.79 Å². The van der Waals surface area contributed by atoms with Gasteiger partial charge in [-0.25, -0.2) is 0 Å². The van der Waals surface area contributed by atoms with Crippen LogP contribution in [0, 0.1) is 23.7 Å². The Hall–Kier alpha value is -0.530. The van der Waals surface area contributed by atoms with Crippen LogP contribution in [0.2, 0.25) is 0 Å². The molecule has 0 aromatic rings. The summed E-state index contributed by atoms with van der Waals surface area (Å²) in [6.45, 7) is 6.31. The molecule has 1 saturated carbocycles. The van der Waals surface area contributed by atoms with Crippen molar-refractivity contribution in [2.45, 2.75) is 46.5 Å². The third-order valence-corrected chi connectivity index (χ3v) is 3.57. The number of carbonyl (C=O) groups is 1. The number of carboxylic acids is 1. The molecule has 0 aromatic heterocycles. The molecule has 0 aromatic carbocycles. The molecule has 1 N–H and O–H groups in total. The Morgan fingerprint density at radius 3 is 2.07 bits per heavy atom. The molecule has 82 valence electrons. The fourth-order valence-electron chi connectivity index (χ4n) is 2.68. The van der Waals surface area contributed by atoms with Gasteiger partial charge in [-0.05, 0) is 30.6 Å². The van der Waals surface area contributed by atoms with Gasteiger partial charge < -0.3 is 5.11 Å². The van der Waals surface area contributed by atoms with Crippen molar-refractivity contribution in [1.82, 2.24) is 0 Å². The average molecular weight is 198 g/mol. The summed E-state index contributed by atoms with van der Waals surface area (Å²) in [5.41, 5.74) is 0. The summed E-state index contributed by atoms with van der Waals surface area (Å²) in [7, 11) is 0. The molecule has 1 fully saturated rings. The second-order valence-corrected chi connectivity index (χ2v) is 5.13. The summed E-state index contributed by atoms with van der Waals surface area (Å²) < 4.78 is 0. The molecule has 0 heterocycles. The van der Waals surface area contributed by atoms with Crippen LogP contribution >= 0.6 is 0 Å². The van der Waals surface area contributed by atoms with Crippen molar-refractivity contribution >= 4 is 5.97 Å². The first kappa shape index (κ1) is 11.5. The van der Waals surface area contributed by atoms with Gasteiger partial charge in [-0.1, -0.05) is 33.6 Å². The van der Waals surface area contributed by atoms with Gasteiger partial charge in [0.25, 0.3) is 0 Å². The monoisotopic (exact) mass is 198 g/mol. The predicted octanol–water partition coefficient (Wildman–Crippen LogP) is 3.17. The Morgan fingerprint density at radius 1 is 1.21 bits per heavy atom. The van der Waals surface area contributed by atoms with Gasteiger partial charge in [0.1, 0.15) is 0 Å². The number of carboxylic acid groups (broad SMARTS) is 1. The number of hydrogen-bond donors (Lipinski definition) is 1. The molecule has 1 atom stereocenters. The van der Waals surface area contributed by atoms with E-state index in [1.807, 2.05) is 13.8 Å². The standard InChI is InChI=1S/C12H22O2/c1-8(2)11(12(13)14)10-6-4-9(3)5-7-10/h8-11H,4-7H2,1-3H3,(H,13,14). The van der Waals surface area contributed by atoms with Gasteiger partial charge in [0.05, 0.1) is 5.92 Å². The fourth-order valence-corrected chi connectivity index (χ4v) is 2.68. The number of rotatable bonds is 3. The highest BCUT2D eigenvalue weighted by Crippen LogP contribution is 2.36. The Morgan fingerprint density at radius 2 is 1.71 bits per heavy atom. The quantitative estimate of drug-likeness (QED) is 0.756. The average Bonchev–Trinajstić information content (AvgIpc) is 2.07. The molecule has 1 rings (SSSR count). The minimum Gasteiger partial charge on any atom is -0.481 e. The molecule has 0 amide bonds. The molecule has 1 aliphatic rings. The molecule has 2 nitrogen and oxygen atoms in total. The first-order valence-electron chi connectivity index (χ1n) is 5.75.